The predicted octanol–water partition coefficient (Wildman–Crippen LogP) is 2.27. The molecule has 1 fully saturated rings. The number of halogens is 1. The van der Waals surface area contributed by atoms with E-state index in [-0.39, 0.29) is 12.1 Å². The maximum Gasteiger partial charge on any atom is 0.254 e. The topological polar surface area (TPSA) is 78.6 Å². The first kappa shape index (κ1) is 18.5. The Morgan fingerprint density at radius 1 is 1.38 bits per heavy atom. The number of aliphatic hydroxyl groups is 1. The summed E-state index contributed by atoms with van der Waals surface area (Å²) >= 11 is 0. The summed E-state index contributed by atoms with van der Waals surface area (Å²) in [6.07, 6.45) is 3.57. The number of nitrogens with zero attached hydrogens (tertiary/aromatic N) is 2. The van der Waals surface area contributed by atoms with Crippen molar-refractivity contribution in [2.24, 2.45) is 0 Å². The zero-order chi connectivity index (χ0) is 18.6. The number of oxazole rings is 1. The van der Waals surface area contributed by atoms with Gasteiger partial charge >= 0.3 is 0 Å². The molecule has 6 nitrogen and oxygen atoms in total. The Balaban J connectivity index is 1.53. The lowest BCUT2D eigenvalue weighted by Crippen LogP contribution is -2.43. The number of hydrogen-bond donors (Lipinski definition) is 2. The minimum Gasteiger partial charge on any atom is -0.449 e. The van der Waals surface area contributed by atoms with E-state index in [1.54, 1.807) is 12.3 Å². The van der Waals surface area contributed by atoms with Gasteiger partial charge in [0.2, 0.25) is 0 Å². The van der Waals surface area contributed by atoms with Gasteiger partial charge in [0.05, 0.1) is 16.9 Å². The Morgan fingerprint density at radius 3 is 2.92 bits per heavy atom. The number of amides is 1. The normalized spacial score (nSPS) is 21.3. The van der Waals surface area contributed by atoms with Crippen LogP contribution in [0.1, 0.15) is 41.2 Å². The van der Waals surface area contributed by atoms with Gasteiger partial charge in [0.15, 0.2) is 5.89 Å². The number of nitrogens with one attached hydrogen (secondary N) is 1. The van der Waals surface area contributed by atoms with E-state index in [1.807, 2.05) is 6.92 Å². The number of aromatic nitrogens is 1. The highest BCUT2D eigenvalue weighted by Crippen LogP contribution is 2.23. The van der Waals surface area contributed by atoms with E-state index >= 15 is 0 Å². The van der Waals surface area contributed by atoms with E-state index in [4.69, 9.17) is 4.42 Å². The van der Waals surface area contributed by atoms with Crippen molar-refractivity contribution >= 4 is 5.91 Å². The van der Waals surface area contributed by atoms with E-state index in [1.165, 1.54) is 18.2 Å². The summed E-state index contributed by atoms with van der Waals surface area (Å²) in [6.45, 7) is 4.13. The molecule has 0 unspecified atom stereocenters. The average Bonchev–Trinajstić information content (AvgIpc) is 2.93. The van der Waals surface area contributed by atoms with Crippen molar-refractivity contribution in [3.8, 4) is 0 Å². The third kappa shape index (κ3) is 4.68. The SMILES string of the molecule is Cc1nc(CN2CCC[C@](O)(CNC(=O)c3ccccc3F)CC2)co1. The molecule has 140 valence electrons. The summed E-state index contributed by atoms with van der Waals surface area (Å²) in [6, 6.07) is 5.83. The van der Waals surface area contributed by atoms with E-state index in [2.05, 4.69) is 15.2 Å². The van der Waals surface area contributed by atoms with Gasteiger partial charge in [-0.15, -0.1) is 0 Å². The molecule has 0 saturated carbocycles. The number of carbonyl (C=O) groups excluding carboxylic acids is 1. The van der Waals surface area contributed by atoms with E-state index < -0.39 is 17.3 Å². The number of likely N-dealkylation sites (tertiary alicyclic amines) is 1. The summed E-state index contributed by atoms with van der Waals surface area (Å²) < 4.78 is 18.9. The highest BCUT2D eigenvalue weighted by molar-refractivity contribution is 5.94. The zero-order valence-corrected chi connectivity index (χ0v) is 14.9. The van der Waals surface area contributed by atoms with Gasteiger partial charge in [-0.1, -0.05) is 12.1 Å². The highest BCUT2D eigenvalue weighted by Gasteiger charge is 2.31. The predicted molar refractivity (Wildman–Crippen MR) is 94.1 cm³/mol. The van der Waals surface area contributed by atoms with Crippen molar-refractivity contribution < 1.29 is 18.7 Å². The van der Waals surface area contributed by atoms with Gasteiger partial charge in [-0.2, -0.15) is 0 Å². The Morgan fingerprint density at radius 2 is 2.19 bits per heavy atom. The van der Waals surface area contributed by atoms with Crippen LogP contribution in [-0.4, -0.2) is 46.1 Å². The number of aryl methyl sites for hydroxylation is 1. The second-order valence-electron chi connectivity index (χ2n) is 6.87. The van der Waals surface area contributed by atoms with Crippen LogP contribution in [0, 0.1) is 12.7 Å². The van der Waals surface area contributed by atoms with Crippen LogP contribution in [0.2, 0.25) is 0 Å². The molecule has 1 saturated heterocycles. The second kappa shape index (κ2) is 7.97. The molecule has 1 aromatic carbocycles. The zero-order valence-electron chi connectivity index (χ0n) is 14.9. The molecular weight excluding hydrogens is 337 g/mol. The van der Waals surface area contributed by atoms with Crippen LogP contribution in [0.15, 0.2) is 34.9 Å². The molecule has 2 N–H and O–H groups in total. The van der Waals surface area contributed by atoms with Crippen molar-refractivity contribution in [2.75, 3.05) is 19.6 Å². The van der Waals surface area contributed by atoms with E-state index in [0.717, 1.165) is 18.7 Å². The lowest BCUT2D eigenvalue weighted by atomic mass is 9.94. The lowest BCUT2D eigenvalue weighted by molar-refractivity contribution is 0.0248. The summed E-state index contributed by atoms with van der Waals surface area (Å²) in [5, 5.41) is 13.5. The Kier molecular flexibility index (Phi) is 5.68. The molecule has 1 aliphatic rings. The van der Waals surface area contributed by atoms with Crippen LogP contribution < -0.4 is 5.32 Å². The van der Waals surface area contributed by atoms with Gasteiger partial charge in [-0.3, -0.25) is 9.69 Å². The molecule has 1 aromatic heterocycles. The van der Waals surface area contributed by atoms with Crippen LogP contribution in [0.5, 0.6) is 0 Å². The summed E-state index contributed by atoms with van der Waals surface area (Å²) in [4.78, 5) is 18.7. The molecule has 3 rings (SSSR count). The van der Waals surface area contributed by atoms with Crippen molar-refractivity contribution in [3.63, 3.8) is 0 Å². The van der Waals surface area contributed by atoms with Gasteiger partial charge in [0.1, 0.15) is 12.1 Å². The van der Waals surface area contributed by atoms with Crippen molar-refractivity contribution in [1.82, 2.24) is 15.2 Å². The number of rotatable bonds is 5. The maximum absolute atomic E-state index is 13.7. The highest BCUT2D eigenvalue weighted by atomic mass is 19.1. The molecule has 26 heavy (non-hydrogen) atoms. The fourth-order valence-electron chi connectivity index (χ4n) is 3.26. The summed E-state index contributed by atoms with van der Waals surface area (Å²) in [7, 11) is 0. The number of carbonyl (C=O) groups is 1. The Hall–Kier alpha value is -2.25. The van der Waals surface area contributed by atoms with Crippen LogP contribution in [-0.2, 0) is 6.54 Å². The molecular formula is C19H24FN3O3. The molecule has 0 bridgehead atoms. The molecule has 1 atom stereocenters. The fraction of sp³-hybridized carbons (Fsp3) is 0.474. The molecule has 1 aliphatic heterocycles. The third-order valence-corrected chi connectivity index (χ3v) is 4.76. The summed E-state index contributed by atoms with van der Waals surface area (Å²) in [5.41, 5.74) is -0.122. The first-order valence-electron chi connectivity index (χ1n) is 8.84. The van der Waals surface area contributed by atoms with Crippen LogP contribution in [0.3, 0.4) is 0 Å². The van der Waals surface area contributed by atoms with Crippen LogP contribution in [0.25, 0.3) is 0 Å². The Bertz CT molecular complexity index is 764. The van der Waals surface area contributed by atoms with Crippen molar-refractivity contribution in [3.05, 3.63) is 53.5 Å². The van der Waals surface area contributed by atoms with Crippen LogP contribution in [0.4, 0.5) is 4.39 Å². The standard InChI is InChI=1S/C19H24FN3O3/c1-14-22-15(12-26-14)11-23-9-4-7-19(25,8-10-23)13-21-18(24)16-5-2-3-6-17(16)20/h2-3,5-6,12,25H,4,7-11,13H2,1H3,(H,21,24)/t19-/m1/s1. The second-order valence-corrected chi connectivity index (χ2v) is 6.87. The van der Waals surface area contributed by atoms with Gasteiger partial charge in [-0.25, -0.2) is 9.37 Å². The first-order chi connectivity index (χ1) is 12.5. The quantitative estimate of drug-likeness (QED) is 0.854. The summed E-state index contributed by atoms with van der Waals surface area (Å²) in [5.74, 6) is -0.426. The lowest BCUT2D eigenvalue weighted by Gasteiger charge is -2.27. The smallest absolute Gasteiger partial charge is 0.254 e. The molecule has 1 amide bonds. The Labute approximate surface area is 152 Å². The molecule has 2 aromatic rings. The van der Waals surface area contributed by atoms with Gasteiger partial charge in [0.25, 0.3) is 5.91 Å². The first-order valence-corrected chi connectivity index (χ1v) is 8.84. The largest absolute Gasteiger partial charge is 0.449 e. The molecule has 0 aliphatic carbocycles. The average molecular weight is 361 g/mol. The van der Waals surface area contributed by atoms with E-state index in [9.17, 15) is 14.3 Å². The van der Waals surface area contributed by atoms with Crippen molar-refractivity contribution in [1.29, 1.82) is 0 Å². The molecule has 7 heteroatoms. The minimum atomic E-state index is -0.991. The fourth-order valence-corrected chi connectivity index (χ4v) is 3.26. The third-order valence-electron chi connectivity index (χ3n) is 4.76. The monoisotopic (exact) mass is 361 g/mol. The minimum absolute atomic E-state index is 0.00671. The number of hydrogen-bond acceptors (Lipinski definition) is 5. The number of benzene rings is 1. The van der Waals surface area contributed by atoms with Gasteiger partial charge < -0.3 is 14.8 Å². The molecule has 0 spiro atoms. The molecule has 2 heterocycles. The van der Waals surface area contributed by atoms with Gasteiger partial charge in [-0.05, 0) is 37.9 Å². The van der Waals surface area contributed by atoms with E-state index in [0.29, 0.717) is 31.8 Å². The van der Waals surface area contributed by atoms with Crippen molar-refractivity contribution in [2.45, 2.75) is 38.3 Å². The molecule has 0 radical (unpaired) electrons. The maximum atomic E-state index is 13.7. The van der Waals surface area contributed by atoms with Crippen LogP contribution >= 0.6 is 0 Å². The van der Waals surface area contributed by atoms with Gasteiger partial charge in [0, 0.05) is 26.6 Å².